The summed E-state index contributed by atoms with van der Waals surface area (Å²) in [4.78, 5) is 0. The summed E-state index contributed by atoms with van der Waals surface area (Å²) in [7, 11) is 0. The Bertz CT molecular complexity index is 310. The van der Waals surface area contributed by atoms with Gasteiger partial charge < -0.3 is 15.2 Å². The lowest BCUT2D eigenvalue weighted by Gasteiger charge is -2.39. The second-order valence-electron chi connectivity index (χ2n) is 6.31. The molecule has 2 aliphatic carbocycles. The van der Waals surface area contributed by atoms with Gasteiger partial charge in [0.05, 0.1) is 25.4 Å². The van der Waals surface area contributed by atoms with Crippen LogP contribution in [0.5, 0.6) is 0 Å². The number of hydrogen-bond acceptors (Lipinski definition) is 3. The van der Waals surface area contributed by atoms with Crippen LogP contribution in [0.15, 0.2) is 12.2 Å². The van der Waals surface area contributed by atoms with E-state index in [1.807, 2.05) is 0 Å². The van der Waals surface area contributed by atoms with Gasteiger partial charge in [-0.2, -0.15) is 0 Å². The van der Waals surface area contributed by atoms with Crippen molar-refractivity contribution in [2.24, 2.45) is 5.41 Å². The second kappa shape index (κ2) is 5.32. The Balaban J connectivity index is 1.56. The summed E-state index contributed by atoms with van der Waals surface area (Å²) in [6.07, 6.45) is 14.0. The highest BCUT2D eigenvalue weighted by Crippen LogP contribution is 2.44. The van der Waals surface area contributed by atoms with Crippen LogP contribution >= 0.6 is 0 Å². The first-order chi connectivity index (χ1) is 8.77. The van der Waals surface area contributed by atoms with Gasteiger partial charge in [-0.1, -0.05) is 31.4 Å². The first-order valence-electron chi connectivity index (χ1n) is 7.49. The number of hydrogen-bond donors (Lipinski definition) is 2. The molecule has 3 rings (SSSR count). The molecule has 2 N–H and O–H groups in total. The number of rotatable bonds is 2. The summed E-state index contributed by atoms with van der Waals surface area (Å²) in [6.45, 7) is 1.13. The summed E-state index contributed by atoms with van der Waals surface area (Å²) in [5.74, 6) is 0. The van der Waals surface area contributed by atoms with Crippen LogP contribution in [-0.2, 0) is 4.74 Å². The molecule has 1 aliphatic heterocycles. The minimum atomic E-state index is -0.330. The van der Waals surface area contributed by atoms with Crippen molar-refractivity contribution in [1.82, 2.24) is 5.32 Å². The van der Waals surface area contributed by atoms with Crippen LogP contribution in [0.3, 0.4) is 0 Å². The molecule has 1 spiro atoms. The van der Waals surface area contributed by atoms with E-state index in [1.54, 1.807) is 0 Å². The van der Waals surface area contributed by atoms with Gasteiger partial charge in [-0.05, 0) is 31.1 Å². The van der Waals surface area contributed by atoms with E-state index >= 15 is 0 Å². The second-order valence-corrected chi connectivity index (χ2v) is 6.31. The molecule has 3 aliphatic rings. The molecule has 3 atom stereocenters. The third kappa shape index (κ3) is 2.63. The van der Waals surface area contributed by atoms with Crippen molar-refractivity contribution in [3.63, 3.8) is 0 Å². The van der Waals surface area contributed by atoms with E-state index in [9.17, 15) is 5.11 Å². The molecule has 0 aromatic carbocycles. The largest absolute Gasteiger partial charge is 0.389 e. The van der Waals surface area contributed by atoms with Crippen LogP contribution in [0.25, 0.3) is 0 Å². The number of allylic oxidation sites excluding steroid dienone is 1. The molecule has 1 heterocycles. The van der Waals surface area contributed by atoms with Crippen LogP contribution in [0.2, 0.25) is 0 Å². The van der Waals surface area contributed by atoms with Gasteiger partial charge in [0.1, 0.15) is 0 Å². The fourth-order valence-corrected chi connectivity index (χ4v) is 3.73. The van der Waals surface area contributed by atoms with Crippen LogP contribution in [-0.4, -0.2) is 36.5 Å². The van der Waals surface area contributed by atoms with Crippen molar-refractivity contribution in [2.75, 3.05) is 13.2 Å². The maximum atomic E-state index is 9.75. The average Bonchev–Trinajstić information content (AvgIpc) is 2.79. The lowest BCUT2D eigenvalue weighted by atomic mass is 9.68. The Morgan fingerprint density at radius 1 is 1.11 bits per heavy atom. The van der Waals surface area contributed by atoms with Gasteiger partial charge in [0.15, 0.2) is 0 Å². The van der Waals surface area contributed by atoms with Crippen molar-refractivity contribution in [1.29, 1.82) is 0 Å². The van der Waals surface area contributed by atoms with Crippen LogP contribution < -0.4 is 5.32 Å². The molecule has 0 aromatic rings. The molecule has 0 amide bonds. The van der Waals surface area contributed by atoms with E-state index in [0.29, 0.717) is 24.7 Å². The SMILES string of the molecule is O[C@@H]1COC[C@H]1NC1C=CC2(CCCCC2)CC1. The summed E-state index contributed by atoms with van der Waals surface area (Å²) >= 11 is 0. The molecule has 1 saturated heterocycles. The van der Waals surface area contributed by atoms with Crippen molar-refractivity contribution >= 4 is 0 Å². The Hall–Kier alpha value is -0.380. The minimum absolute atomic E-state index is 0.125. The average molecular weight is 251 g/mol. The Labute approximate surface area is 110 Å². The summed E-state index contributed by atoms with van der Waals surface area (Å²) in [5, 5.41) is 13.3. The normalized spacial score (nSPS) is 39.3. The zero-order valence-electron chi connectivity index (χ0n) is 11.1. The maximum Gasteiger partial charge on any atom is 0.0948 e. The quantitative estimate of drug-likeness (QED) is 0.738. The molecule has 3 nitrogen and oxygen atoms in total. The Kier molecular flexibility index (Phi) is 3.73. The molecule has 18 heavy (non-hydrogen) atoms. The summed E-state index contributed by atoms with van der Waals surface area (Å²) < 4.78 is 5.28. The molecule has 1 saturated carbocycles. The van der Waals surface area contributed by atoms with Gasteiger partial charge in [0, 0.05) is 6.04 Å². The topological polar surface area (TPSA) is 41.5 Å². The minimum Gasteiger partial charge on any atom is -0.389 e. The van der Waals surface area contributed by atoms with Crippen LogP contribution in [0, 0.1) is 5.41 Å². The molecule has 0 aromatic heterocycles. The third-order valence-corrected chi connectivity index (χ3v) is 4.96. The van der Waals surface area contributed by atoms with Crippen LogP contribution in [0.1, 0.15) is 44.9 Å². The highest BCUT2D eigenvalue weighted by molar-refractivity contribution is 5.10. The van der Waals surface area contributed by atoms with Gasteiger partial charge in [-0.25, -0.2) is 0 Å². The number of nitrogens with one attached hydrogen (secondary N) is 1. The van der Waals surface area contributed by atoms with Crippen molar-refractivity contribution in [2.45, 2.75) is 63.1 Å². The fourth-order valence-electron chi connectivity index (χ4n) is 3.73. The monoisotopic (exact) mass is 251 g/mol. The maximum absolute atomic E-state index is 9.75. The Morgan fingerprint density at radius 3 is 2.56 bits per heavy atom. The zero-order chi connectivity index (χ0) is 12.4. The van der Waals surface area contributed by atoms with E-state index in [4.69, 9.17) is 4.74 Å². The fraction of sp³-hybridized carbons (Fsp3) is 0.867. The highest BCUT2D eigenvalue weighted by Gasteiger charge is 2.34. The van der Waals surface area contributed by atoms with Gasteiger partial charge in [-0.15, -0.1) is 0 Å². The number of ether oxygens (including phenoxy) is 1. The van der Waals surface area contributed by atoms with E-state index in [2.05, 4.69) is 17.5 Å². The Morgan fingerprint density at radius 2 is 1.94 bits per heavy atom. The summed E-state index contributed by atoms with van der Waals surface area (Å²) in [5.41, 5.74) is 0.515. The number of aliphatic hydroxyl groups is 1. The van der Waals surface area contributed by atoms with Gasteiger partial charge >= 0.3 is 0 Å². The van der Waals surface area contributed by atoms with Crippen molar-refractivity contribution < 1.29 is 9.84 Å². The number of aliphatic hydroxyl groups excluding tert-OH is 1. The third-order valence-electron chi connectivity index (χ3n) is 4.96. The predicted octanol–water partition coefficient (Wildman–Crippen LogP) is 2.00. The van der Waals surface area contributed by atoms with Crippen molar-refractivity contribution in [3.05, 3.63) is 12.2 Å². The molecule has 102 valence electrons. The molecular formula is C15H25NO2. The molecule has 3 heteroatoms. The van der Waals surface area contributed by atoms with E-state index in [0.717, 1.165) is 0 Å². The summed E-state index contributed by atoms with van der Waals surface area (Å²) in [6, 6.07) is 0.555. The van der Waals surface area contributed by atoms with Crippen LogP contribution in [0.4, 0.5) is 0 Å². The zero-order valence-corrected chi connectivity index (χ0v) is 11.1. The van der Waals surface area contributed by atoms with E-state index in [-0.39, 0.29) is 12.1 Å². The molecule has 0 radical (unpaired) electrons. The van der Waals surface area contributed by atoms with E-state index in [1.165, 1.54) is 44.9 Å². The van der Waals surface area contributed by atoms with Gasteiger partial charge in [0.2, 0.25) is 0 Å². The molecule has 1 unspecified atom stereocenters. The molecule has 2 fully saturated rings. The lowest BCUT2D eigenvalue weighted by Crippen LogP contribution is -2.45. The predicted molar refractivity (Wildman–Crippen MR) is 71.4 cm³/mol. The first kappa shape index (κ1) is 12.6. The van der Waals surface area contributed by atoms with Crippen molar-refractivity contribution in [3.8, 4) is 0 Å². The highest BCUT2D eigenvalue weighted by atomic mass is 16.5. The molecule has 0 bridgehead atoms. The van der Waals surface area contributed by atoms with E-state index < -0.39 is 0 Å². The van der Waals surface area contributed by atoms with Gasteiger partial charge in [0.25, 0.3) is 0 Å². The standard InChI is InChI=1S/C15H25NO2/c17-14-11-18-10-13(14)16-12-4-8-15(9-5-12)6-2-1-3-7-15/h4,8,12-14,16-17H,1-3,5-7,9-11H2/t12?,13-,14-/m1/s1. The first-order valence-corrected chi connectivity index (χ1v) is 7.49. The molecular weight excluding hydrogens is 226 g/mol. The lowest BCUT2D eigenvalue weighted by molar-refractivity contribution is 0.121. The smallest absolute Gasteiger partial charge is 0.0948 e. The van der Waals surface area contributed by atoms with Gasteiger partial charge in [-0.3, -0.25) is 0 Å².